The van der Waals surface area contributed by atoms with E-state index in [1.807, 2.05) is 32.0 Å². The summed E-state index contributed by atoms with van der Waals surface area (Å²) in [4.78, 5) is 24.2. The number of para-hydroxylation sites is 1. The van der Waals surface area contributed by atoms with Gasteiger partial charge < -0.3 is 5.73 Å². The van der Waals surface area contributed by atoms with Gasteiger partial charge in [-0.2, -0.15) is 5.10 Å². The van der Waals surface area contributed by atoms with Gasteiger partial charge in [0.1, 0.15) is 5.52 Å². The van der Waals surface area contributed by atoms with Gasteiger partial charge in [-0.25, -0.2) is 9.48 Å². The number of benzene rings is 1. The van der Waals surface area contributed by atoms with Gasteiger partial charge in [-0.15, -0.1) is 0 Å². The molecule has 2 N–H and O–H groups in total. The lowest BCUT2D eigenvalue weighted by atomic mass is 10.1. The number of hydrogen-bond acceptors (Lipinski definition) is 3. The zero-order valence-corrected chi connectivity index (χ0v) is 11.5. The first-order valence-corrected chi connectivity index (χ1v) is 6.21. The lowest BCUT2D eigenvalue weighted by Crippen LogP contribution is -2.27. The Morgan fingerprint density at radius 3 is 2.60 bits per heavy atom. The van der Waals surface area contributed by atoms with Crippen LogP contribution in [0.4, 0.5) is 4.79 Å². The Kier molecular flexibility index (Phi) is 2.44. The lowest BCUT2D eigenvalue weighted by molar-refractivity contribution is 0.252. The minimum Gasteiger partial charge on any atom is -0.351 e. The van der Waals surface area contributed by atoms with Crippen molar-refractivity contribution in [1.82, 2.24) is 14.3 Å². The second-order valence-corrected chi connectivity index (χ2v) is 4.88. The van der Waals surface area contributed by atoms with Crippen molar-refractivity contribution in [2.24, 2.45) is 12.8 Å². The number of carbonyl (C=O) groups is 1. The van der Waals surface area contributed by atoms with E-state index in [0.717, 1.165) is 10.9 Å². The smallest absolute Gasteiger partial charge is 0.324 e. The Balaban J connectivity index is 2.80. The number of rotatable bonds is 0. The van der Waals surface area contributed by atoms with E-state index in [1.165, 1.54) is 9.25 Å². The topological polar surface area (TPSA) is 82.9 Å². The number of nitrogens with zero attached hydrogens (tertiary/aromatic N) is 3. The molecule has 0 saturated carbocycles. The second kappa shape index (κ2) is 3.93. The van der Waals surface area contributed by atoms with Crippen molar-refractivity contribution in [2.45, 2.75) is 13.8 Å². The van der Waals surface area contributed by atoms with Crippen LogP contribution in [0.2, 0.25) is 0 Å². The van der Waals surface area contributed by atoms with E-state index in [9.17, 15) is 9.59 Å². The molecule has 0 aliphatic heterocycles. The van der Waals surface area contributed by atoms with E-state index in [2.05, 4.69) is 5.10 Å². The third-order valence-corrected chi connectivity index (χ3v) is 3.57. The van der Waals surface area contributed by atoms with Gasteiger partial charge in [-0.1, -0.05) is 18.2 Å². The normalized spacial score (nSPS) is 11.3. The van der Waals surface area contributed by atoms with E-state index in [4.69, 9.17) is 5.73 Å². The van der Waals surface area contributed by atoms with E-state index in [-0.39, 0.29) is 11.1 Å². The molecular weight excluding hydrogens is 256 g/mol. The molecule has 3 aromatic rings. The molecule has 2 heterocycles. The molecule has 6 nitrogen and oxygen atoms in total. The van der Waals surface area contributed by atoms with Crippen LogP contribution < -0.4 is 11.3 Å². The fraction of sp³-hybridized carbons (Fsp3) is 0.214. The molecule has 20 heavy (non-hydrogen) atoms. The summed E-state index contributed by atoms with van der Waals surface area (Å²) in [5, 5.41) is 5.70. The number of amides is 1. The average Bonchev–Trinajstić information content (AvgIpc) is 2.73. The highest BCUT2D eigenvalue weighted by Crippen LogP contribution is 2.30. The predicted molar refractivity (Wildman–Crippen MR) is 76.9 cm³/mol. The van der Waals surface area contributed by atoms with Crippen LogP contribution in [-0.2, 0) is 7.05 Å². The number of aromatic nitrogens is 3. The molecule has 0 atom stereocenters. The van der Waals surface area contributed by atoms with Gasteiger partial charge in [0.15, 0.2) is 0 Å². The summed E-state index contributed by atoms with van der Waals surface area (Å²) >= 11 is 0. The maximum Gasteiger partial charge on any atom is 0.324 e. The number of carbonyl (C=O) groups excluding carboxylic acids is 1. The number of nitrogens with two attached hydrogens (primary N) is 1. The van der Waals surface area contributed by atoms with Gasteiger partial charge >= 0.3 is 6.03 Å². The number of aryl methyl sites for hydroxylation is 3. The van der Waals surface area contributed by atoms with Gasteiger partial charge in [-0.05, 0) is 19.4 Å². The van der Waals surface area contributed by atoms with Crippen molar-refractivity contribution >= 4 is 27.8 Å². The fourth-order valence-corrected chi connectivity index (χ4v) is 2.77. The summed E-state index contributed by atoms with van der Waals surface area (Å²) < 4.78 is 2.52. The van der Waals surface area contributed by atoms with Crippen molar-refractivity contribution < 1.29 is 4.79 Å². The summed E-state index contributed by atoms with van der Waals surface area (Å²) in [6.45, 7) is 3.70. The zero-order chi connectivity index (χ0) is 14.6. The Morgan fingerprint density at radius 1 is 1.25 bits per heavy atom. The van der Waals surface area contributed by atoms with Crippen LogP contribution in [0.5, 0.6) is 0 Å². The maximum absolute atomic E-state index is 12.4. The number of primary amides is 1. The predicted octanol–water partition coefficient (Wildman–Crippen LogP) is 1.43. The average molecular weight is 270 g/mol. The summed E-state index contributed by atoms with van der Waals surface area (Å²) in [6, 6.07) is 4.98. The first kappa shape index (κ1) is 12.4. The Morgan fingerprint density at radius 2 is 1.95 bits per heavy atom. The second-order valence-electron chi connectivity index (χ2n) is 4.88. The Bertz CT molecular complexity index is 934. The molecule has 1 aromatic carbocycles. The molecule has 0 radical (unpaired) electrons. The molecule has 1 amide bonds. The molecule has 6 heteroatoms. The number of fused-ring (bicyclic) bond motifs is 3. The summed E-state index contributed by atoms with van der Waals surface area (Å²) in [7, 11) is 1.56. The lowest BCUT2D eigenvalue weighted by Gasteiger charge is -2.04. The van der Waals surface area contributed by atoms with Gasteiger partial charge in [0.05, 0.1) is 11.2 Å². The first-order chi connectivity index (χ1) is 9.43. The highest BCUT2D eigenvalue weighted by atomic mass is 16.2. The SMILES string of the molecule is Cc1nn(C)c(=O)c2c1c1cccc(C)c1n2C(N)=O. The Labute approximate surface area is 114 Å². The molecule has 0 unspecified atom stereocenters. The summed E-state index contributed by atoms with van der Waals surface area (Å²) in [5.41, 5.74) is 7.69. The molecule has 0 spiro atoms. The fourth-order valence-electron chi connectivity index (χ4n) is 2.77. The van der Waals surface area contributed by atoms with Crippen LogP contribution in [0, 0.1) is 13.8 Å². The van der Waals surface area contributed by atoms with Gasteiger partial charge in [-0.3, -0.25) is 9.36 Å². The quantitative estimate of drug-likeness (QED) is 0.670. The highest BCUT2D eigenvalue weighted by Gasteiger charge is 2.21. The monoisotopic (exact) mass is 270 g/mol. The third-order valence-electron chi connectivity index (χ3n) is 3.57. The van der Waals surface area contributed by atoms with Crippen molar-refractivity contribution in [3.05, 3.63) is 39.8 Å². The summed E-state index contributed by atoms with van der Waals surface area (Å²) in [5.74, 6) is 0. The maximum atomic E-state index is 12.4. The third kappa shape index (κ3) is 1.41. The van der Waals surface area contributed by atoms with Crippen LogP contribution in [0.3, 0.4) is 0 Å². The van der Waals surface area contributed by atoms with Gasteiger partial charge in [0.2, 0.25) is 0 Å². The van der Waals surface area contributed by atoms with E-state index in [0.29, 0.717) is 16.6 Å². The molecule has 0 aliphatic rings. The highest BCUT2D eigenvalue weighted by molar-refractivity contribution is 6.14. The van der Waals surface area contributed by atoms with E-state index in [1.54, 1.807) is 7.05 Å². The van der Waals surface area contributed by atoms with Crippen molar-refractivity contribution in [3.63, 3.8) is 0 Å². The Hall–Kier alpha value is -2.63. The molecule has 0 fully saturated rings. The minimum atomic E-state index is -0.665. The van der Waals surface area contributed by atoms with Crippen LogP contribution in [0.1, 0.15) is 11.3 Å². The van der Waals surface area contributed by atoms with Crippen molar-refractivity contribution in [1.29, 1.82) is 0 Å². The molecule has 102 valence electrons. The van der Waals surface area contributed by atoms with Crippen LogP contribution in [0.15, 0.2) is 23.0 Å². The molecule has 0 bridgehead atoms. The molecule has 2 aromatic heterocycles. The van der Waals surface area contributed by atoms with Crippen LogP contribution in [0.25, 0.3) is 21.8 Å². The zero-order valence-electron chi connectivity index (χ0n) is 11.5. The molecule has 0 saturated heterocycles. The van der Waals surface area contributed by atoms with Crippen molar-refractivity contribution in [3.8, 4) is 0 Å². The van der Waals surface area contributed by atoms with Crippen molar-refractivity contribution in [2.75, 3.05) is 0 Å². The van der Waals surface area contributed by atoms with Crippen LogP contribution in [-0.4, -0.2) is 20.4 Å². The molecular formula is C14H14N4O2. The van der Waals surface area contributed by atoms with Crippen LogP contribution >= 0.6 is 0 Å². The largest absolute Gasteiger partial charge is 0.351 e. The number of hydrogen-bond donors (Lipinski definition) is 1. The summed E-state index contributed by atoms with van der Waals surface area (Å²) in [6.07, 6.45) is 0. The van der Waals surface area contributed by atoms with Gasteiger partial charge in [0, 0.05) is 17.8 Å². The minimum absolute atomic E-state index is 0.289. The standard InChI is InChI=1S/C14H14N4O2/c1-7-5-4-6-9-10-8(2)16-17(3)13(19)12(10)18(11(7)9)14(15)20/h4-6H,1-3H3,(H2,15,20). The first-order valence-electron chi connectivity index (χ1n) is 6.21. The van der Waals surface area contributed by atoms with E-state index < -0.39 is 6.03 Å². The van der Waals surface area contributed by atoms with E-state index >= 15 is 0 Å². The molecule has 3 rings (SSSR count). The van der Waals surface area contributed by atoms with Gasteiger partial charge in [0.25, 0.3) is 5.56 Å². The molecule has 0 aliphatic carbocycles.